The summed E-state index contributed by atoms with van der Waals surface area (Å²) in [6, 6.07) is 14.9. The van der Waals surface area contributed by atoms with Crippen molar-refractivity contribution < 1.29 is 14.3 Å². The molecule has 1 fully saturated rings. The summed E-state index contributed by atoms with van der Waals surface area (Å²) in [6.07, 6.45) is 0.557. The molecule has 0 spiro atoms. The van der Waals surface area contributed by atoms with Crippen LogP contribution in [-0.4, -0.2) is 50.0 Å². The molecule has 0 aromatic heterocycles. The number of hydrogen-bond acceptors (Lipinski definition) is 4. The highest BCUT2D eigenvalue weighted by Crippen LogP contribution is 2.21. The molecule has 2 aromatic carbocycles. The van der Waals surface area contributed by atoms with Crippen LogP contribution in [0.25, 0.3) is 0 Å². The van der Waals surface area contributed by atoms with Gasteiger partial charge in [-0.1, -0.05) is 13.0 Å². The van der Waals surface area contributed by atoms with E-state index in [-0.39, 0.29) is 11.8 Å². The van der Waals surface area contributed by atoms with E-state index >= 15 is 0 Å². The van der Waals surface area contributed by atoms with Gasteiger partial charge in [-0.05, 0) is 42.5 Å². The SMILES string of the molecule is CCC(=O)N1CCN(c2ccc(NC(=O)c3cccc(OC)c3)cc2)CC1. The van der Waals surface area contributed by atoms with E-state index in [0.717, 1.165) is 37.6 Å². The van der Waals surface area contributed by atoms with Crippen molar-refractivity contribution in [1.29, 1.82) is 0 Å². The summed E-state index contributed by atoms with van der Waals surface area (Å²) >= 11 is 0. The Hall–Kier alpha value is -3.02. The fourth-order valence-electron chi connectivity index (χ4n) is 3.16. The number of amides is 2. The summed E-state index contributed by atoms with van der Waals surface area (Å²) in [6.45, 7) is 5.04. The lowest BCUT2D eigenvalue weighted by Crippen LogP contribution is -2.48. The Morgan fingerprint density at radius 2 is 1.74 bits per heavy atom. The summed E-state index contributed by atoms with van der Waals surface area (Å²) in [4.78, 5) is 28.3. The number of benzene rings is 2. The topological polar surface area (TPSA) is 61.9 Å². The molecule has 3 rings (SSSR count). The van der Waals surface area contributed by atoms with Crippen molar-refractivity contribution in [2.24, 2.45) is 0 Å². The molecule has 6 heteroatoms. The normalized spacial score (nSPS) is 14.0. The van der Waals surface area contributed by atoms with Crippen molar-refractivity contribution in [1.82, 2.24) is 4.90 Å². The lowest BCUT2D eigenvalue weighted by atomic mass is 10.2. The number of nitrogens with zero attached hydrogens (tertiary/aromatic N) is 2. The zero-order chi connectivity index (χ0) is 19.2. The van der Waals surface area contributed by atoms with Gasteiger partial charge >= 0.3 is 0 Å². The Balaban J connectivity index is 1.59. The highest BCUT2D eigenvalue weighted by atomic mass is 16.5. The van der Waals surface area contributed by atoms with E-state index in [9.17, 15) is 9.59 Å². The van der Waals surface area contributed by atoms with Gasteiger partial charge in [0.25, 0.3) is 5.91 Å². The maximum Gasteiger partial charge on any atom is 0.255 e. The van der Waals surface area contributed by atoms with Crippen LogP contribution in [0.5, 0.6) is 5.75 Å². The lowest BCUT2D eigenvalue weighted by molar-refractivity contribution is -0.131. The van der Waals surface area contributed by atoms with Crippen LogP contribution in [0.2, 0.25) is 0 Å². The number of piperazine rings is 1. The minimum Gasteiger partial charge on any atom is -0.497 e. The third kappa shape index (κ3) is 4.58. The first-order valence-electron chi connectivity index (χ1n) is 9.19. The van der Waals surface area contributed by atoms with E-state index in [1.165, 1.54) is 0 Å². The van der Waals surface area contributed by atoms with Gasteiger partial charge in [-0.25, -0.2) is 0 Å². The molecular formula is C21H25N3O3. The van der Waals surface area contributed by atoms with E-state index in [2.05, 4.69) is 10.2 Å². The van der Waals surface area contributed by atoms with Crippen LogP contribution in [0.1, 0.15) is 23.7 Å². The number of rotatable bonds is 5. The monoisotopic (exact) mass is 367 g/mol. The third-order valence-electron chi connectivity index (χ3n) is 4.76. The Morgan fingerprint density at radius 1 is 1.04 bits per heavy atom. The molecule has 1 aliphatic rings. The van der Waals surface area contributed by atoms with E-state index in [0.29, 0.717) is 17.7 Å². The minimum atomic E-state index is -0.173. The molecule has 142 valence electrons. The summed E-state index contributed by atoms with van der Waals surface area (Å²) in [5, 5.41) is 2.90. The third-order valence-corrected chi connectivity index (χ3v) is 4.76. The molecule has 0 bridgehead atoms. The number of carbonyl (C=O) groups is 2. The molecule has 1 N–H and O–H groups in total. The van der Waals surface area contributed by atoms with E-state index in [4.69, 9.17) is 4.74 Å². The average molecular weight is 367 g/mol. The number of hydrogen-bond donors (Lipinski definition) is 1. The van der Waals surface area contributed by atoms with Crippen LogP contribution in [0.15, 0.2) is 48.5 Å². The summed E-state index contributed by atoms with van der Waals surface area (Å²) < 4.78 is 5.16. The quantitative estimate of drug-likeness (QED) is 0.882. The van der Waals surface area contributed by atoms with Crippen molar-refractivity contribution >= 4 is 23.2 Å². The fraction of sp³-hybridized carbons (Fsp3) is 0.333. The van der Waals surface area contributed by atoms with Gasteiger partial charge < -0.3 is 19.9 Å². The van der Waals surface area contributed by atoms with Gasteiger partial charge in [-0.3, -0.25) is 9.59 Å². The Kier molecular flexibility index (Phi) is 5.96. The molecule has 1 heterocycles. The van der Waals surface area contributed by atoms with E-state index in [1.807, 2.05) is 36.1 Å². The molecule has 0 aliphatic carbocycles. The number of methoxy groups -OCH3 is 1. The van der Waals surface area contributed by atoms with Gasteiger partial charge in [0.2, 0.25) is 5.91 Å². The second kappa shape index (κ2) is 8.58. The van der Waals surface area contributed by atoms with Gasteiger partial charge in [0.15, 0.2) is 0 Å². The van der Waals surface area contributed by atoms with E-state index < -0.39 is 0 Å². The molecule has 1 saturated heterocycles. The fourth-order valence-corrected chi connectivity index (χ4v) is 3.16. The number of ether oxygens (including phenoxy) is 1. The van der Waals surface area contributed by atoms with Crippen molar-refractivity contribution in [3.05, 3.63) is 54.1 Å². The lowest BCUT2D eigenvalue weighted by Gasteiger charge is -2.36. The second-order valence-electron chi connectivity index (χ2n) is 6.45. The molecule has 0 saturated carbocycles. The van der Waals surface area contributed by atoms with Gasteiger partial charge in [0, 0.05) is 49.5 Å². The molecule has 1 aliphatic heterocycles. The molecule has 27 heavy (non-hydrogen) atoms. The van der Waals surface area contributed by atoms with Gasteiger partial charge in [0.1, 0.15) is 5.75 Å². The van der Waals surface area contributed by atoms with Crippen LogP contribution >= 0.6 is 0 Å². The minimum absolute atomic E-state index is 0.173. The number of carbonyl (C=O) groups excluding carboxylic acids is 2. The maximum absolute atomic E-state index is 12.4. The first kappa shape index (κ1) is 18.8. The average Bonchev–Trinajstić information content (AvgIpc) is 2.74. The second-order valence-corrected chi connectivity index (χ2v) is 6.45. The summed E-state index contributed by atoms with van der Waals surface area (Å²) in [5.41, 5.74) is 2.39. The first-order chi connectivity index (χ1) is 13.1. The van der Waals surface area contributed by atoms with Crippen LogP contribution < -0.4 is 15.0 Å². The van der Waals surface area contributed by atoms with Gasteiger partial charge in [-0.15, -0.1) is 0 Å². The first-order valence-corrected chi connectivity index (χ1v) is 9.19. The molecule has 2 aromatic rings. The summed E-state index contributed by atoms with van der Waals surface area (Å²) in [5.74, 6) is 0.692. The predicted molar refractivity (Wildman–Crippen MR) is 106 cm³/mol. The van der Waals surface area contributed by atoms with Crippen LogP contribution in [0.4, 0.5) is 11.4 Å². The smallest absolute Gasteiger partial charge is 0.255 e. The van der Waals surface area contributed by atoms with Crippen molar-refractivity contribution in [3.8, 4) is 5.75 Å². The highest BCUT2D eigenvalue weighted by Gasteiger charge is 2.20. The van der Waals surface area contributed by atoms with Crippen molar-refractivity contribution in [2.45, 2.75) is 13.3 Å². The zero-order valence-electron chi connectivity index (χ0n) is 15.8. The largest absolute Gasteiger partial charge is 0.497 e. The molecule has 2 amide bonds. The van der Waals surface area contributed by atoms with Crippen LogP contribution in [0, 0.1) is 0 Å². The van der Waals surface area contributed by atoms with Crippen LogP contribution in [0.3, 0.4) is 0 Å². The Labute approximate surface area is 159 Å². The van der Waals surface area contributed by atoms with Gasteiger partial charge in [-0.2, -0.15) is 0 Å². The van der Waals surface area contributed by atoms with Crippen molar-refractivity contribution in [2.75, 3.05) is 43.5 Å². The van der Waals surface area contributed by atoms with Crippen molar-refractivity contribution in [3.63, 3.8) is 0 Å². The molecule has 6 nitrogen and oxygen atoms in total. The predicted octanol–water partition coefficient (Wildman–Crippen LogP) is 3.01. The van der Waals surface area contributed by atoms with Gasteiger partial charge in [0.05, 0.1) is 7.11 Å². The maximum atomic E-state index is 12.4. The highest BCUT2D eigenvalue weighted by molar-refractivity contribution is 6.04. The molecular weight excluding hydrogens is 342 g/mol. The Bertz CT molecular complexity index is 797. The van der Waals surface area contributed by atoms with Crippen LogP contribution in [-0.2, 0) is 4.79 Å². The zero-order valence-corrected chi connectivity index (χ0v) is 15.8. The van der Waals surface area contributed by atoms with E-state index in [1.54, 1.807) is 31.4 Å². The number of anilines is 2. The number of nitrogens with one attached hydrogen (secondary N) is 1. The molecule has 0 unspecified atom stereocenters. The summed E-state index contributed by atoms with van der Waals surface area (Å²) in [7, 11) is 1.58. The standard InChI is InChI=1S/C21H25N3O3/c1-3-20(25)24-13-11-23(12-14-24)18-9-7-17(8-10-18)22-21(26)16-5-4-6-19(15-16)27-2/h4-10,15H,3,11-14H2,1-2H3,(H,22,26). The molecule has 0 atom stereocenters. The molecule has 0 radical (unpaired) electrons. The Morgan fingerprint density at radius 3 is 2.37 bits per heavy atom.